The Morgan fingerprint density at radius 1 is 1.04 bits per heavy atom. The molecule has 1 unspecified atom stereocenters. The minimum Gasteiger partial charge on any atom is -0.481 e. The summed E-state index contributed by atoms with van der Waals surface area (Å²) in [6, 6.07) is 19.1. The molecule has 1 heterocycles. The van der Waals surface area contributed by atoms with Crippen LogP contribution in [0.3, 0.4) is 0 Å². The first-order chi connectivity index (χ1) is 13.0. The van der Waals surface area contributed by atoms with Crippen molar-refractivity contribution in [2.24, 2.45) is 5.92 Å². The first-order valence-corrected chi connectivity index (χ1v) is 9.84. The number of hydrogen-bond acceptors (Lipinski definition) is 3. The molecular weight excluding hydrogens is 338 g/mol. The van der Waals surface area contributed by atoms with Crippen molar-refractivity contribution in [1.29, 1.82) is 0 Å². The fourth-order valence-corrected chi connectivity index (χ4v) is 4.75. The fourth-order valence-electron chi connectivity index (χ4n) is 4.75. The van der Waals surface area contributed by atoms with Crippen LogP contribution in [-0.2, 0) is 11.3 Å². The van der Waals surface area contributed by atoms with E-state index >= 15 is 0 Å². The van der Waals surface area contributed by atoms with Crippen molar-refractivity contribution in [3.8, 4) is 0 Å². The number of β-amino-alcohol motifs (C(OH)–C–C–N with tert-alkyl or cyclic N) is 1. The highest BCUT2D eigenvalue weighted by Crippen LogP contribution is 2.37. The molecule has 0 amide bonds. The number of aliphatic hydroxyl groups is 1. The molecule has 2 aliphatic rings. The average molecular weight is 365 g/mol. The van der Waals surface area contributed by atoms with Gasteiger partial charge in [0.25, 0.3) is 0 Å². The zero-order chi connectivity index (χ0) is 18.9. The Hall–Kier alpha value is -2.17. The third-order valence-corrected chi connectivity index (χ3v) is 6.25. The van der Waals surface area contributed by atoms with Crippen molar-refractivity contribution in [3.63, 3.8) is 0 Å². The number of carboxylic acid groups (broad SMARTS) is 1. The van der Waals surface area contributed by atoms with Gasteiger partial charge in [-0.05, 0) is 42.4 Å². The molecule has 2 aromatic rings. The van der Waals surface area contributed by atoms with Crippen LogP contribution in [0.15, 0.2) is 54.6 Å². The fraction of sp³-hybridized carbons (Fsp3) is 0.435. The molecule has 1 saturated carbocycles. The highest BCUT2D eigenvalue weighted by Gasteiger charge is 2.38. The summed E-state index contributed by atoms with van der Waals surface area (Å²) in [7, 11) is 0. The number of hydrogen-bond donors (Lipinski definition) is 2. The topological polar surface area (TPSA) is 60.8 Å². The second-order valence-electron chi connectivity index (χ2n) is 8.17. The largest absolute Gasteiger partial charge is 0.481 e. The molecule has 1 aliphatic carbocycles. The molecule has 142 valence electrons. The number of carbonyl (C=O) groups is 1. The maximum absolute atomic E-state index is 11.2. The number of rotatable bonds is 4. The molecule has 4 nitrogen and oxygen atoms in total. The van der Waals surface area contributed by atoms with Gasteiger partial charge < -0.3 is 10.2 Å². The molecule has 0 aromatic heterocycles. The third-order valence-electron chi connectivity index (χ3n) is 6.25. The monoisotopic (exact) mass is 365 g/mol. The van der Waals surface area contributed by atoms with Crippen LogP contribution < -0.4 is 0 Å². The van der Waals surface area contributed by atoms with Crippen LogP contribution >= 0.6 is 0 Å². The standard InChI is InChI=1S/C23H27NO3/c25-22(26)18-10-12-23(27,13-11-18)16-24-14-19-8-4-5-9-20(19)21(15-24)17-6-2-1-3-7-17/h1-9,18,21,27H,10-16H2,(H,25,26). The molecular formula is C23H27NO3. The van der Waals surface area contributed by atoms with Gasteiger partial charge in [0, 0.05) is 25.6 Å². The van der Waals surface area contributed by atoms with Crippen LogP contribution in [0.2, 0.25) is 0 Å². The minimum absolute atomic E-state index is 0.301. The molecule has 0 radical (unpaired) electrons. The molecule has 1 fully saturated rings. The van der Waals surface area contributed by atoms with Gasteiger partial charge in [-0.1, -0.05) is 54.6 Å². The van der Waals surface area contributed by atoms with Gasteiger partial charge >= 0.3 is 5.97 Å². The van der Waals surface area contributed by atoms with Crippen LogP contribution in [-0.4, -0.2) is 39.8 Å². The van der Waals surface area contributed by atoms with E-state index in [1.54, 1.807) is 0 Å². The highest BCUT2D eigenvalue weighted by molar-refractivity contribution is 5.70. The third kappa shape index (κ3) is 3.92. The van der Waals surface area contributed by atoms with Gasteiger partial charge in [0.2, 0.25) is 0 Å². The summed E-state index contributed by atoms with van der Waals surface area (Å²) in [5.41, 5.74) is 3.22. The van der Waals surface area contributed by atoms with E-state index in [2.05, 4.69) is 53.4 Å². The van der Waals surface area contributed by atoms with Gasteiger partial charge in [-0.25, -0.2) is 0 Å². The minimum atomic E-state index is -0.778. The predicted octanol–water partition coefficient (Wildman–Crippen LogP) is 3.64. The van der Waals surface area contributed by atoms with Gasteiger partial charge in [0.05, 0.1) is 11.5 Å². The molecule has 0 bridgehead atoms. The van der Waals surface area contributed by atoms with Crippen LogP contribution in [0.1, 0.15) is 48.3 Å². The highest BCUT2D eigenvalue weighted by atomic mass is 16.4. The average Bonchev–Trinajstić information content (AvgIpc) is 2.68. The van der Waals surface area contributed by atoms with E-state index in [1.165, 1.54) is 16.7 Å². The van der Waals surface area contributed by atoms with E-state index in [-0.39, 0.29) is 5.92 Å². The predicted molar refractivity (Wildman–Crippen MR) is 105 cm³/mol. The molecule has 1 atom stereocenters. The van der Waals surface area contributed by atoms with Crippen LogP contribution in [0.25, 0.3) is 0 Å². The zero-order valence-corrected chi connectivity index (χ0v) is 15.6. The van der Waals surface area contributed by atoms with Crippen molar-refractivity contribution >= 4 is 5.97 Å². The number of fused-ring (bicyclic) bond motifs is 1. The lowest BCUT2D eigenvalue weighted by Gasteiger charge is -2.42. The Morgan fingerprint density at radius 3 is 2.41 bits per heavy atom. The Bertz CT molecular complexity index is 796. The van der Waals surface area contributed by atoms with Gasteiger partial charge in [0.1, 0.15) is 0 Å². The molecule has 0 saturated heterocycles. The van der Waals surface area contributed by atoms with Gasteiger partial charge in [-0.15, -0.1) is 0 Å². The number of benzene rings is 2. The van der Waals surface area contributed by atoms with Gasteiger partial charge in [0.15, 0.2) is 0 Å². The Kier molecular flexibility index (Phi) is 5.02. The Morgan fingerprint density at radius 2 is 1.70 bits per heavy atom. The van der Waals surface area contributed by atoms with E-state index in [9.17, 15) is 15.0 Å². The summed E-state index contributed by atoms with van der Waals surface area (Å²) >= 11 is 0. The number of carboxylic acids is 1. The van der Waals surface area contributed by atoms with Crippen molar-refractivity contribution in [3.05, 3.63) is 71.3 Å². The van der Waals surface area contributed by atoms with Gasteiger partial charge in [-0.2, -0.15) is 0 Å². The summed E-state index contributed by atoms with van der Waals surface area (Å²) in [5.74, 6) is -0.729. The Labute approximate surface area is 160 Å². The zero-order valence-electron chi connectivity index (χ0n) is 15.6. The van der Waals surface area contributed by atoms with E-state index in [1.807, 2.05) is 6.07 Å². The molecule has 4 heteroatoms. The molecule has 1 aliphatic heterocycles. The maximum Gasteiger partial charge on any atom is 0.306 e. The summed E-state index contributed by atoms with van der Waals surface area (Å²) in [4.78, 5) is 13.5. The normalized spacial score (nSPS) is 28.5. The lowest BCUT2D eigenvalue weighted by atomic mass is 9.77. The summed E-state index contributed by atoms with van der Waals surface area (Å²) < 4.78 is 0. The van der Waals surface area contributed by atoms with E-state index in [4.69, 9.17) is 0 Å². The van der Waals surface area contributed by atoms with Crippen LogP contribution in [0.5, 0.6) is 0 Å². The lowest BCUT2D eigenvalue weighted by molar-refractivity contribution is -0.145. The SMILES string of the molecule is O=C(O)C1CCC(O)(CN2Cc3ccccc3C(c3ccccc3)C2)CC1. The van der Waals surface area contributed by atoms with Gasteiger partial charge in [-0.3, -0.25) is 9.69 Å². The summed E-state index contributed by atoms with van der Waals surface area (Å²) in [5, 5.41) is 20.3. The second-order valence-corrected chi connectivity index (χ2v) is 8.17. The smallest absolute Gasteiger partial charge is 0.306 e. The van der Waals surface area contributed by atoms with Crippen molar-refractivity contribution < 1.29 is 15.0 Å². The van der Waals surface area contributed by atoms with E-state index in [0.717, 1.165) is 13.1 Å². The quantitative estimate of drug-likeness (QED) is 0.868. The first-order valence-electron chi connectivity index (χ1n) is 9.84. The molecule has 4 rings (SSSR count). The maximum atomic E-state index is 11.2. The molecule has 27 heavy (non-hydrogen) atoms. The summed E-state index contributed by atoms with van der Waals surface area (Å²) in [6.07, 6.45) is 2.27. The van der Waals surface area contributed by atoms with Crippen LogP contribution in [0, 0.1) is 5.92 Å². The summed E-state index contributed by atoms with van der Waals surface area (Å²) in [6.45, 7) is 2.33. The first kappa shape index (κ1) is 18.2. The van der Waals surface area contributed by atoms with E-state index in [0.29, 0.717) is 38.1 Å². The van der Waals surface area contributed by atoms with Crippen molar-refractivity contribution in [2.75, 3.05) is 13.1 Å². The van der Waals surface area contributed by atoms with Crippen molar-refractivity contribution in [1.82, 2.24) is 4.90 Å². The second kappa shape index (κ2) is 7.45. The van der Waals surface area contributed by atoms with Crippen LogP contribution in [0.4, 0.5) is 0 Å². The number of aliphatic carboxylic acids is 1. The van der Waals surface area contributed by atoms with Crippen molar-refractivity contribution in [2.45, 2.75) is 43.7 Å². The molecule has 2 aromatic carbocycles. The Balaban J connectivity index is 1.53. The number of nitrogens with zero attached hydrogens (tertiary/aromatic N) is 1. The molecule has 0 spiro atoms. The lowest BCUT2D eigenvalue weighted by Crippen LogP contribution is -2.48. The molecule has 2 N–H and O–H groups in total. The van der Waals surface area contributed by atoms with E-state index < -0.39 is 11.6 Å².